The second kappa shape index (κ2) is 5.53. The van der Waals surface area contributed by atoms with Crippen LogP contribution in [0, 0.1) is 13.8 Å². The number of rotatable bonds is 4. The number of aromatic amines is 2. The summed E-state index contributed by atoms with van der Waals surface area (Å²) in [5.74, 6) is -0.145. The summed E-state index contributed by atoms with van der Waals surface area (Å²) in [6, 6.07) is 1.81. The van der Waals surface area contributed by atoms with Crippen molar-refractivity contribution in [2.24, 2.45) is 0 Å². The molecule has 0 radical (unpaired) electrons. The molecular formula is C14H15N5OS. The van der Waals surface area contributed by atoms with Crippen molar-refractivity contribution in [3.05, 3.63) is 45.8 Å². The molecule has 0 fully saturated rings. The summed E-state index contributed by atoms with van der Waals surface area (Å²) in [7, 11) is 0. The smallest absolute Gasteiger partial charge is 0.267 e. The maximum absolute atomic E-state index is 12.1. The lowest BCUT2D eigenvalue weighted by Gasteiger charge is -2.02. The van der Waals surface area contributed by atoms with Gasteiger partial charge in [0.2, 0.25) is 0 Å². The number of amides is 1. The van der Waals surface area contributed by atoms with E-state index in [1.54, 1.807) is 23.7 Å². The number of nitrogens with one attached hydrogen (secondary N) is 3. The van der Waals surface area contributed by atoms with Crippen molar-refractivity contribution < 1.29 is 4.79 Å². The van der Waals surface area contributed by atoms with Crippen LogP contribution < -0.4 is 5.32 Å². The van der Waals surface area contributed by atoms with Gasteiger partial charge in [0, 0.05) is 35.4 Å². The molecule has 0 spiro atoms. The Labute approximate surface area is 125 Å². The van der Waals surface area contributed by atoms with Crippen molar-refractivity contribution in [1.29, 1.82) is 0 Å². The number of nitrogens with zero attached hydrogens (tertiary/aromatic N) is 2. The van der Waals surface area contributed by atoms with Crippen LogP contribution in [-0.4, -0.2) is 26.1 Å². The Morgan fingerprint density at radius 2 is 2.24 bits per heavy atom. The third-order valence-electron chi connectivity index (χ3n) is 3.22. The largest absolute Gasteiger partial charge is 0.357 e. The fraction of sp³-hybridized carbons (Fsp3) is 0.214. The van der Waals surface area contributed by atoms with Gasteiger partial charge in [-0.3, -0.25) is 9.89 Å². The summed E-state index contributed by atoms with van der Waals surface area (Å²) < 4.78 is 0. The van der Waals surface area contributed by atoms with E-state index >= 15 is 0 Å². The van der Waals surface area contributed by atoms with E-state index < -0.39 is 0 Å². The van der Waals surface area contributed by atoms with Crippen LogP contribution in [-0.2, 0) is 6.54 Å². The minimum atomic E-state index is -0.145. The lowest BCUT2D eigenvalue weighted by atomic mass is 10.2. The van der Waals surface area contributed by atoms with Crippen molar-refractivity contribution >= 4 is 17.2 Å². The first-order valence-corrected chi connectivity index (χ1v) is 7.40. The van der Waals surface area contributed by atoms with E-state index in [1.807, 2.05) is 25.3 Å². The zero-order valence-corrected chi connectivity index (χ0v) is 12.5. The van der Waals surface area contributed by atoms with E-state index in [2.05, 4.69) is 25.5 Å². The molecule has 7 heteroatoms. The third kappa shape index (κ3) is 2.87. The molecule has 3 aromatic heterocycles. The number of H-pyrrole nitrogens is 2. The van der Waals surface area contributed by atoms with Crippen molar-refractivity contribution in [3.8, 4) is 11.3 Å². The van der Waals surface area contributed by atoms with Crippen LogP contribution in [0.25, 0.3) is 11.3 Å². The monoisotopic (exact) mass is 301 g/mol. The van der Waals surface area contributed by atoms with Crippen LogP contribution >= 0.6 is 11.3 Å². The van der Waals surface area contributed by atoms with Gasteiger partial charge in [-0.2, -0.15) is 5.10 Å². The van der Waals surface area contributed by atoms with Crippen molar-refractivity contribution in [1.82, 2.24) is 25.5 Å². The number of carbonyl (C=O) groups excluding carboxylic acids is 1. The van der Waals surface area contributed by atoms with Gasteiger partial charge < -0.3 is 10.3 Å². The first-order chi connectivity index (χ1) is 10.1. The van der Waals surface area contributed by atoms with E-state index in [1.165, 1.54) is 0 Å². The maximum atomic E-state index is 12.1. The number of aryl methyl sites for hydroxylation is 2. The number of thiazole rings is 1. The van der Waals surface area contributed by atoms with Crippen molar-refractivity contribution in [2.75, 3.05) is 0 Å². The molecule has 0 unspecified atom stereocenters. The highest BCUT2D eigenvalue weighted by Gasteiger charge is 2.11. The van der Waals surface area contributed by atoms with E-state index in [-0.39, 0.29) is 5.91 Å². The van der Waals surface area contributed by atoms with E-state index in [0.29, 0.717) is 12.2 Å². The third-order valence-corrected chi connectivity index (χ3v) is 3.99. The highest BCUT2D eigenvalue weighted by Crippen LogP contribution is 2.22. The van der Waals surface area contributed by atoms with Gasteiger partial charge in [-0.15, -0.1) is 11.3 Å². The fourth-order valence-corrected chi connectivity index (χ4v) is 2.62. The Morgan fingerprint density at radius 3 is 2.90 bits per heavy atom. The first kappa shape index (κ1) is 13.6. The Morgan fingerprint density at radius 1 is 1.38 bits per heavy atom. The van der Waals surface area contributed by atoms with Crippen LogP contribution in [0.4, 0.5) is 0 Å². The molecule has 0 bridgehead atoms. The van der Waals surface area contributed by atoms with Gasteiger partial charge in [-0.1, -0.05) is 0 Å². The number of aromatic nitrogens is 4. The normalized spacial score (nSPS) is 10.8. The molecule has 0 aliphatic carbocycles. The van der Waals surface area contributed by atoms with Gasteiger partial charge in [0.15, 0.2) is 0 Å². The molecule has 21 heavy (non-hydrogen) atoms. The van der Waals surface area contributed by atoms with Gasteiger partial charge >= 0.3 is 0 Å². The number of hydrogen-bond acceptors (Lipinski definition) is 4. The van der Waals surface area contributed by atoms with Crippen LogP contribution in [0.3, 0.4) is 0 Å². The van der Waals surface area contributed by atoms with Crippen molar-refractivity contribution in [3.63, 3.8) is 0 Å². The Hall–Kier alpha value is -2.41. The fourth-order valence-electron chi connectivity index (χ4n) is 2.00. The molecule has 0 aliphatic heterocycles. The molecule has 0 atom stereocenters. The maximum Gasteiger partial charge on any atom is 0.267 e. The SMILES string of the molecule is Cc1nc(-c2c[nH]c(C(=O)NCc3c[nH]nc3C)c2)cs1. The summed E-state index contributed by atoms with van der Waals surface area (Å²) >= 11 is 1.59. The Kier molecular flexibility index (Phi) is 3.57. The zero-order chi connectivity index (χ0) is 14.8. The van der Waals surface area contributed by atoms with Gasteiger partial charge in [0.05, 0.1) is 16.4 Å². The van der Waals surface area contributed by atoms with E-state index in [9.17, 15) is 4.79 Å². The Balaban J connectivity index is 1.68. The van der Waals surface area contributed by atoms with Gasteiger partial charge in [-0.25, -0.2) is 4.98 Å². The molecule has 108 valence electrons. The second-order valence-corrected chi connectivity index (χ2v) is 5.79. The standard InChI is InChI=1S/C14H15N5OS/c1-8-11(6-17-19-8)5-16-14(20)12-3-10(4-15-12)13-7-21-9(2)18-13/h3-4,6-7,15H,5H2,1-2H3,(H,16,20)(H,17,19). The second-order valence-electron chi connectivity index (χ2n) is 4.73. The molecule has 3 aromatic rings. The van der Waals surface area contributed by atoms with Gasteiger partial charge in [0.25, 0.3) is 5.91 Å². The predicted octanol–water partition coefficient (Wildman–Crippen LogP) is 2.41. The molecule has 0 saturated heterocycles. The van der Waals surface area contributed by atoms with Crippen molar-refractivity contribution in [2.45, 2.75) is 20.4 Å². The highest BCUT2D eigenvalue weighted by molar-refractivity contribution is 7.09. The highest BCUT2D eigenvalue weighted by atomic mass is 32.1. The first-order valence-electron chi connectivity index (χ1n) is 6.52. The zero-order valence-electron chi connectivity index (χ0n) is 11.7. The molecule has 3 N–H and O–H groups in total. The molecule has 6 nitrogen and oxygen atoms in total. The molecule has 3 rings (SSSR count). The van der Waals surface area contributed by atoms with Crippen LogP contribution in [0.2, 0.25) is 0 Å². The average Bonchev–Trinajstić information content (AvgIpc) is 3.16. The minimum absolute atomic E-state index is 0.145. The summed E-state index contributed by atoms with van der Waals surface area (Å²) in [5, 5.41) is 12.6. The molecule has 1 amide bonds. The van der Waals surface area contributed by atoms with Crippen LogP contribution in [0.5, 0.6) is 0 Å². The van der Waals surface area contributed by atoms with Gasteiger partial charge in [-0.05, 0) is 19.9 Å². The molecule has 0 aromatic carbocycles. The Bertz CT molecular complexity index is 770. The van der Waals surface area contributed by atoms with Crippen LogP contribution in [0.1, 0.15) is 26.8 Å². The molecule has 0 aliphatic rings. The van der Waals surface area contributed by atoms with Crippen LogP contribution in [0.15, 0.2) is 23.8 Å². The van der Waals surface area contributed by atoms with E-state index in [4.69, 9.17) is 0 Å². The predicted molar refractivity (Wildman–Crippen MR) is 81.1 cm³/mol. The topological polar surface area (TPSA) is 86.5 Å². The molecular weight excluding hydrogens is 286 g/mol. The average molecular weight is 301 g/mol. The van der Waals surface area contributed by atoms with Gasteiger partial charge in [0.1, 0.15) is 5.69 Å². The summed E-state index contributed by atoms with van der Waals surface area (Å²) in [5.41, 5.74) is 4.20. The molecule has 0 saturated carbocycles. The molecule has 3 heterocycles. The van der Waals surface area contributed by atoms with E-state index in [0.717, 1.165) is 27.5 Å². The summed E-state index contributed by atoms with van der Waals surface area (Å²) in [4.78, 5) is 19.5. The lowest BCUT2D eigenvalue weighted by molar-refractivity contribution is 0.0946. The summed E-state index contributed by atoms with van der Waals surface area (Å²) in [6.07, 6.45) is 3.58. The number of hydrogen-bond donors (Lipinski definition) is 3. The lowest BCUT2D eigenvalue weighted by Crippen LogP contribution is -2.23. The number of carbonyl (C=O) groups is 1. The summed E-state index contributed by atoms with van der Waals surface area (Å²) in [6.45, 7) is 4.31. The minimum Gasteiger partial charge on any atom is -0.357 e. The quantitative estimate of drug-likeness (QED) is 0.691.